The summed E-state index contributed by atoms with van der Waals surface area (Å²) in [5.74, 6) is -0.931. The molecular formula is C58H98O6. The summed E-state index contributed by atoms with van der Waals surface area (Å²) >= 11 is 0. The molecule has 0 aromatic carbocycles. The first-order chi connectivity index (χ1) is 31.5. The van der Waals surface area contributed by atoms with Gasteiger partial charge in [0, 0.05) is 19.3 Å². The van der Waals surface area contributed by atoms with Crippen molar-refractivity contribution in [1.82, 2.24) is 0 Å². The fourth-order valence-corrected chi connectivity index (χ4v) is 7.09. The molecule has 1 unspecified atom stereocenters. The minimum atomic E-state index is -0.795. The van der Waals surface area contributed by atoms with Gasteiger partial charge in [0.15, 0.2) is 6.10 Å². The molecule has 6 heteroatoms. The van der Waals surface area contributed by atoms with Crippen molar-refractivity contribution in [3.8, 4) is 0 Å². The lowest BCUT2D eigenvalue weighted by Gasteiger charge is -2.18. The highest BCUT2D eigenvalue weighted by Gasteiger charge is 2.19. The van der Waals surface area contributed by atoms with E-state index >= 15 is 0 Å². The molecule has 0 N–H and O–H groups in total. The van der Waals surface area contributed by atoms with E-state index in [2.05, 4.69) is 106 Å². The maximum Gasteiger partial charge on any atom is 0.306 e. The third-order valence-electron chi connectivity index (χ3n) is 11.1. The molecule has 0 aliphatic rings. The van der Waals surface area contributed by atoms with Gasteiger partial charge in [-0.25, -0.2) is 0 Å². The van der Waals surface area contributed by atoms with Crippen LogP contribution in [-0.4, -0.2) is 37.2 Å². The monoisotopic (exact) mass is 891 g/mol. The molecule has 1 atom stereocenters. The predicted molar refractivity (Wildman–Crippen MR) is 274 cm³/mol. The fraction of sp³-hybridized carbons (Fsp3) is 0.707. The average molecular weight is 891 g/mol. The minimum Gasteiger partial charge on any atom is -0.462 e. The Morgan fingerprint density at radius 3 is 1.00 bits per heavy atom. The van der Waals surface area contributed by atoms with Gasteiger partial charge in [0.25, 0.3) is 0 Å². The normalized spacial score (nSPS) is 12.7. The van der Waals surface area contributed by atoms with Crippen molar-refractivity contribution in [1.29, 1.82) is 0 Å². The SMILES string of the molecule is CC/C=C\C/C=C\C/C=C\CCCCCCCC(=O)OC(COC(=O)CCCCCCC/C=C\C/C=C\CCCC)COC(=O)CCCCCCCCC/C=C\C/C=C\CCCCC. The number of ether oxygens (including phenoxy) is 3. The Hall–Kier alpha value is -3.41. The molecule has 0 fully saturated rings. The van der Waals surface area contributed by atoms with Gasteiger partial charge in [-0.1, -0.05) is 202 Å². The number of unbranched alkanes of at least 4 members (excludes halogenated alkanes) is 22. The van der Waals surface area contributed by atoms with E-state index in [0.29, 0.717) is 19.3 Å². The summed E-state index contributed by atoms with van der Waals surface area (Å²) in [6, 6.07) is 0. The number of carbonyl (C=O) groups excluding carboxylic acids is 3. The first-order valence-corrected chi connectivity index (χ1v) is 26.6. The molecule has 0 aliphatic heterocycles. The predicted octanol–water partition coefficient (Wildman–Crippen LogP) is 17.6. The number of allylic oxidation sites excluding steroid dienone is 14. The molecule has 0 radical (unpaired) electrons. The summed E-state index contributed by atoms with van der Waals surface area (Å²) in [7, 11) is 0. The molecule has 0 aromatic heterocycles. The van der Waals surface area contributed by atoms with Crippen molar-refractivity contribution >= 4 is 17.9 Å². The topological polar surface area (TPSA) is 78.9 Å². The minimum absolute atomic E-state index is 0.0929. The Morgan fingerprint density at radius 2 is 0.625 bits per heavy atom. The second-order valence-electron chi connectivity index (χ2n) is 17.4. The zero-order valence-electron chi connectivity index (χ0n) is 41.8. The average Bonchev–Trinajstić information content (AvgIpc) is 3.29. The van der Waals surface area contributed by atoms with Gasteiger partial charge in [0.2, 0.25) is 0 Å². The smallest absolute Gasteiger partial charge is 0.306 e. The van der Waals surface area contributed by atoms with E-state index in [4.69, 9.17) is 14.2 Å². The number of esters is 3. The summed E-state index contributed by atoms with van der Waals surface area (Å²) in [5, 5.41) is 0. The van der Waals surface area contributed by atoms with Gasteiger partial charge < -0.3 is 14.2 Å². The molecule has 0 saturated heterocycles. The molecule has 0 rings (SSSR count). The van der Waals surface area contributed by atoms with Crippen LogP contribution in [0.2, 0.25) is 0 Å². The Labute approximate surface area is 395 Å². The van der Waals surface area contributed by atoms with Crippen LogP contribution >= 0.6 is 0 Å². The summed E-state index contributed by atoms with van der Waals surface area (Å²) in [4.78, 5) is 38.0. The fourth-order valence-electron chi connectivity index (χ4n) is 7.09. The molecule has 366 valence electrons. The molecular weight excluding hydrogens is 793 g/mol. The second kappa shape index (κ2) is 52.2. The summed E-state index contributed by atoms with van der Waals surface area (Å²) in [6.07, 6.45) is 67.0. The zero-order valence-corrected chi connectivity index (χ0v) is 41.8. The number of rotatable bonds is 47. The van der Waals surface area contributed by atoms with E-state index in [1.807, 2.05) is 0 Å². The zero-order chi connectivity index (χ0) is 46.5. The Morgan fingerprint density at radius 1 is 0.328 bits per heavy atom. The van der Waals surface area contributed by atoms with Crippen molar-refractivity contribution < 1.29 is 28.6 Å². The molecule has 0 saturated carbocycles. The van der Waals surface area contributed by atoms with Gasteiger partial charge in [-0.05, 0) is 109 Å². The van der Waals surface area contributed by atoms with Crippen LogP contribution in [-0.2, 0) is 28.6 Å². The van der Waals surface area contributed by atoms with Gasteiger partial charge in [-0.2, -0.15) is 0 Å². The van der Waals surface area contributed by atoms with Gasteiger partial charge in [-0.15, -0.1) is 0 Å². The van der Waals surface area contributed by atoms with Crippen LogP contribution in [0.5, 0.6) is 0 Å². The Bertz CT molecular complexity index is 1250. The first kappa shape index (κ1) is 60.6. The maximum absolute atomic E-state index is 12.8. The third-order valence-corrected chi connectivity index (χ3v) is 11.1. The van der Waals surface area contributed by atoms with Crippen LogP contribution in [0.25, 0.3) is 0 Å². The van der Waals surface area contributed by atoms with Crippen molar-refractivity contribution in [3.63, 3.8) is 0 Å². The molecule has 0 aliphatic carbocycles. The Balaban J connectivity index is 4.44. The molecule has 0 amide bonds. The van der Waals surface area contributed by atoms with Crippen molar-refractivity contribution in [2.75, 3.05) is 13.2 Å². The molecule has 0 aromatic rings. The first-order valence-electron chi connectivity index (χ1n) is 26.6. The number of hydrogen-bond donors (Lipinski definition) is 0. The molecule has 0 bridgehead atoms. The van der Waals surface area contributed by atoms with Gasteiger partial charge in [-0.3, -0.25) is 14.4 Å². The van der Waals surface area contributed by atoms with E-state index in [1.165, 1.54) is 70.6 Å². The lowest BCUT2D eigenvalue weighted by Crippen LogP contribution is -2.30. The van der Waals surface area contributed by atoms with Gasteiger partial charge in [0.05, 0.1) is 0 Å². The highest BCUT2D eigenvalue weighted by Crippen LogP contribution is 2.14. The van der Waals surface area contributed by atoms with Gasteiger partial charge in [0.1, 0.15) is 13.2 Å². The van der Waals surface area contributed by atoms with E-state index in [0.717, 1.165) is 135 Å². The molecule has 0 heterocycles. The van der Waals surface area contributed by atoms with Crippen molar-refractivity contribution in [2.45, 2.75) is 252 Å². The lowest BCUT2D eigenvalue weighted by molar-refractivity contribution is -0.167. The molecule has 6 nitrogen and oxygen atoms in total. The van der Waals surface area contributed by atoms with Crippen molar-refractivity contribution in [3.05, 3.63) is 85.1 Å². The van der Waals surface area contributed by atoms with Crippen LogP contribution in [0.1, 0.15) is 245 Å². The highest BCUT2D eigenvalue weighted by molar-refractivity contribution is 5.71. The highest BCUT2D eigenvalue weighted by atomic mass is 16.6. The summed E-state index contributed by atoms with van der Waals surface area (Å²) < 4.78 is 16.8. The van der Waals surface area contributed by atoms with Crippen LogP contribution in [0, 0.1) is 0 Å². The number of hydrogen-bond acceptors (Lipinski definition) is 6. The summed E-state index contributed by atoms with van der Waals surface area (Å²) in [5.41, 5.74) is 0. The van der Waals surface area contributed by atoms with Crippen LogP contribution in [0.15, 0.2) is 85.1 Å². The maximum atomic E-state index is 12.8. The third kappa shape index (κ3) is 49.6. The summed E-state index contributed by atoms with van der Waals surface area (Å²) in [6.45, 7) is 6.43. The molecule has 64 heavy (non-hydrogen) atoms. The van der Waals surface area contributed by atoms with E-state index < -0.39 is 6.10 Å². The van der Waals surface area contributed by atoms with Gasteiger partial charge >= 0.3 is 17.9 Å². The quantitative estimate of drug-likeness (QED) is 0.0262. The van der Waals surface area contributed by atoms with E-state index in [1.54, 1.807) is 0 Å². The van der Waals surface area contributed by atoms with Crippen LogP contribution in [0.4, 0.5) is 0 Å². The molecule has 0 spiro atoms. The number of carbonyl (C=O) groups is 3. The Kier molecular flexibility index (Phi) is 49.4. The van der Waals surface area contributed by atoms with E-state index in [9.17, 15) is 14.4 Å². The van der Waals surface area contributed by atoms with Crippen molar-refractivity contribution in [2.24, 2.45) is 0 Å². The largest absolute Gasteiger partial charge is 0.462 e. The van der Waals surface area contributed by atoms with Crippen LogP contribution in [0.3, 0.4) is 0 Å². The second-order valence-corrected chi connectivity index (χ2v) is 17.4. The standard InChI is InChI=1S/C58H98O6/c1-4-7-10-13-16-19-22-25-28-29-31-33-36-39-42-45-48-51-57(60)63-54-55(53-62-56(59)50-47-44-41-38-35-32-27-24-21-18-15-12-9-6-3)64-58(61)52-49-46-43-40-37-34-30-26-23-20-17-14-11-8-5-2/h8,11,15-20,24-28,30,55H,4-7,9-10,12-14,21-23,29,31-54H2,1-3H3/b11-8-,18-15-,19-16-,20-17-,27-24-,28-25-,30-26-. The van der Waals surface area contributed by atoms with Crippen LogP contribution < -0.4 is 0 Å². The van der Waals surface area contributed by atoms with E-state index in [-0.39, 0.29) is 31.1 Å². The lowest BCUT2D eigenvalue weighted by atomic mass is 10.1.